The average molecular weight is 141 g/mol. The van der Waals surface area contributed by atoms with E-state index in [4.69, 9.17) is 0 Å². The lowest BCUT2D eigenvalue weighted by molar-refractivity contribution is -0.118. The molecule has 0 aromatic rings. The van der Waals surface area contributed by atoms with Gasteiger partial charge in [0.1, 0.15) is 12.1 Å². The van der Waals surface area contributed by atoms with Crippen molar-refractivity contribution in [3.63, 3.8) is 0 Å². The van der Waals surface area contributed by atoms with Gasteiger partial charge in [-0.15, -0.1) is 0 Å². The molecule has 0 N–H and O–H groups in total. The van der Waals surface area contributed by atoms with Crippen LogP contribution in [0.4, 0.5) is 0 Å². The molecule has 1 unspecified atom stereocenters. The monoisotopic (exact) mass is 141 g/mol. The molecular weight excluding hydrogens is 128 g/mol. The van der Waals surface area contributed by atoms with Crippen LogP contribution >= 0.6 is 0 Å². The summed E-state index contributed by atoms with van der Waals surface area (Å²) in [6, 6.07) is 0. The third-order valence-corrected chi connectivity index (χ3v) is 1.51. The quantitative estimate of drug-likeness (QED) is 0.428. The molecular formula is C8H13O2. The lowest BCUT2D eigenvalue weighted by Crippen LogP contribution is -2.05. The molecule has 0 amide bonds. The van der Waals surface area contributed by atoms with E-state index in [9.17, 15) is 9.59 Å². The Balaban J connectivity index is 3.30. The fourth-order valence-electron chi connectivity index (χ4n) is 0.668. The summed E-state index contributed by atoms with van der Waals surface area (Å²) >= 11 is 0. The standard InChI is InChI=1S/C8H13O2/c1-7(8(2)10)5-3-4-6-9/h6-7H,2-5H2,1H3. The highest BCUT2D eigenvalue weighted by molar-refractivity contribution is 5.84. The molecule has 0 aromatic heterocycles. The minimum Gasteiger partial charge on any atom is -0.303 e. The molecule has 0 fully saturated rings. The predicted molar refractivity (Wildman–Crippen MR) is 39.4 cm³/mol. The van der Waals surface area contributed by atoms with Crippen LogP contribution in [-0.2, 0) is 9.59 Å². The number of hydrogen-bond acceptors (Lipinski definition) is 2. The van der Waals surface area contributed by atoms with E-state index in [0.29, 0.717) is 6.42 Å². The van der Waals surface area contributed by atoms with Gasteiger partial charge in [-0.3, -0.25) is 4.79 Å². The van der Waals surface area contributed by atoms with E-state index >= 15 is 0 Å². The predicted octanol–water partition coefficient (Wildman–Crippen LogP) is 1.39. The average Bonchev–Trinajstić information content (AvgIpc) is 1.88. The van der Waals surface area contributed by atoms with Crippen molar-refractivity contribution in [3.05, 3.63) is 6.92 Å². The van der Waals surface area contributed by atoms with Gasteiger partial charge in [0.2, 0.25) is 0 Å². The maximum absolute atomic E-state index is 10.5. The second kappa shape index (κ2) is 5.15. The van der Waals surface area contributed by atoms with Gasteiger partial charge < -0.3 is 4.79 Å². The molecule has 2 heteroatoms. The molecule has 0 aliphatic carbocycles. The lowest BCUT2D eigenvalue weighted by atomic mass is 10.0. The van der Waals surface area contributed by atoms with E-state index in [-0.39, 0.29) is 11.7 Å². The molecule has 0 aliphatic rings. The van der Waals surface area contributed by atoms with Crippen molar-refractivity contribution in [1.82, 2.24) is 0 Å². The second-order valence-electron chi connectivity index (χ2n) is 2.46. The number of ketones is 1. The minimum absolute atomic E-state index is 0.0138. The second-order valence-corrected chi connectivity index (χ2v) is 2.46. The smallest absolute Gasteiger partial charge is 0.136 e. The number of carbonyl (C=O) groups is 2. The van der Waals surface area contributed by atoms with Gasteiger partial charge in [0.25, 0.3) is 0 Å². The summed E-state index contributed by atoms with van der Waals surface area (Å²) in [5.74, 6) is -0.0224. The van der Waals surface area contributed by atoms with Crippen molar-refractivity contribution in [3.8, 4) is 0 Å². The molecule has 0 rings (SSSR count). The van der Waals surface area contributed by atoms with Crippen LogP contribution in [0, 0.1) is 12.8 Å². The summed E-state index contributed by atoms with van der Waals surface area (Å²) in [6.45, 7) is 5.12. The lowest BCUT2D eigenvalue weighted by Gasteiger charge is -2.03. The number of aldehydes is 1. The Morgan fingerprint density at radius 1 is 1.70 bits per heavy atom. The van der Waals surface area contributed by atoms with Crippen molar-refractivity contribution >= 4 is 12.1 Å². The number of carbonyl (C=O) groups excluding carboxylic acids is 2. The summed E-state index contributed by atoms with van der Waals surface area (Å²) in [6.07, 6.45) is 3.00. The fraction of sp³-hybridized carbons (Fsp3) is 0.625. The zero-order valence-corrected chi connectivity index (χ0v) is 6.30. The molecule has 0 heterocycles. The van der Waals surface area contributed by atoms with Gasteiger partial charge in [-0.25, -0.2) is 0 Å². The van der Waals surface area contributed by atoms with Crippen LogP contribution in [0.5, 0.6) is 0 Å². The van der Waals surface area contributed by atoms with E-state index in [1.54, 1.807) is 0 Å². The van der Waals surface area contributed by atoms with Crippen LogP contribution in [-0.4, -0.2) is 12.1 Å². The Hall–Kier alpha value is -0.660. The minimum atomic E-state index is -0.0362. The molecule has 0 saturated heterocycles. The molecule has 2 nitrogen and oxygen atoms in total. The highest BCUT2D eigenvalue weighted by Gasteiger charge is 2.05. The fourth-order valence-corrected chi connectivity index (χ4v) is 0.668. The molecule has 0 spiro atoms. The van der Waals surface area contributed by atoms with E-state index < -0.39 is 0 Å². The topological polar surface area (TPSA) is 34.1 Å². The summed E-state index contributed by atoms with van der Waals surface area (Å²) in [4.78, 5) is 20.4. The summed E-state index contributed by atoms with van der Waals surface area (Å²) in [5, 5.41) is 0. The molecule has 57 valence electrons. The van der Waals surface area contributed by atoms with E-state index in [2.05, 4.69) is 6.92 Å². The number of hydrogen-bond donors (Lipinski definition) is 0. The maximum Gasteiger partial charge on any atom is 0.136 e. The Labute approximate surface area is 61.6 Å². The first kappa shape index (κ1) is 9.34. The Kier molecular flexibility index (Phi) is 4.81. The highest BCUT2D eigenvalue weighted by atomic mass is 16.1. The third-order valence-electron chi connectivity index (χ3n) is 1.51. The van der Waals surface area contributed by atoms with Crippen molar-refractivity contribution in [2.75, 3.05) is 0 Å². The van der Waals surface area contributed by atoms with Crippen molar-refractivity contribution in [2.45, 2.75) is 26.2 Å². The molecule has 10 heavy (non-hydrogen) atoms. The molecule has 1 radical (unpaired) electrons. The number of Topliss-reactive ketones (excluding diaryl/α,β-unsaturated/α-hetero) is 1. The van der Waals surface area contributed by atoms with E-state index in [1.165, 1.54) is 0 Å². The van der Waals surface area contributed by atoms with Gasteiger partial charge >= 0.3 is 0 Å². The van der Waals surface area contributed by atoms with Crippen molar-refractivity contribution in [2.24, 2.45) is 5.92 Å². The zero-order chi connectivity index (χ0) is 7.98. The van der Waals surface area contributed by atoms with Crippen molar-refractivity contribution in [1.29, 1.82) is 0 Å². The summed E-state index contributed by atoms with van der Waals surface area (Å²) in [5.41, 5.74) is 0. The number of unbranched alkanes of at least 4 members (excludes halogenated alkanes) is 1. The molecule has 0 saturated carbocycles. The van der Waals surface area contributed by atoms with Crippen LogP contribution in [0.1, 0.15) is 26.2 Å². The molecule has 0 bridgehead atoms. The first-order valence-corrected chi connectivity index (χ1v) is 3.48. The van der Waals surface area contributed by atoms with Crippen LogP contribution in [0.25, 0.3) is 0 Å². The van der Waals surface area contributed by atoms with Crippen molar-refractivity contribution < 1.29 is 9.59 Å². The van der Waals surface area contributed by atoms with Gasteiger partial charge in [-0.2, -0.15) is 0 Å². The zero-order valence-electron chi connectivity index (χ0n) is 6.30. The Bertz CT molecular complexity index is 118. The maximum atomic E-state index is 10.5. The van der Waals surface area contributed by atoms with Gasteiger partial charge in [0.15, 0.2) is 0 Å². The Morgan fingerprint density at radius 3 is 2.70 bits per heavy atom. The van der Waals surface area contributed by atoms with E-state index in [0.717, 1.165) is 19.1 Å². The van der Waals surface area contributed by atoms with E-state index in [1.807, 2.05) is 6.92 Å². The van der Waals surface area contributed by atoms with Crippen LogP contribution in [0.3, 0.4) is 0 Å². The summed E-state index contributed by atoms with van der Waals surface area (Å²) < 4.78 is 0. The Morgan fingerprint density at radius 2 is 2.30 bits per heavy atom. The molecule has 1 atom stereocenters. The SMILES string of the molecule is [CH2]C(=O)C(C)CCCC=O. The number of rotatable bonds is 5. The first-order chi connectivity index (χ1) is 4.68. The van der Waals surface area contributed by atoms with Gasteiger partial charge in [0, 0.05) is 19.3 Å². The van der Waals surface area contributed by atoms with Crippen LogP contribution in [0.15, 0.2) is 0 Å². The molecule has 0 aliphatic heterocycles. The van der Waals surface area contributed by atoms with Gasteiger partial charge in [-0.05, 0) is 12.8 Å². The first-order valence-electron chi connectivity index (χ1n) is 3.48. The summed E-state index contributed by atoms with van der Waals surface area (Å²) in [7, 11) is 0. The normalized spacial score (nSPS) is 12.6. The van der Waals surface area contributed by atoms with Crippen LogP contribution < -0.4 is 0 Å². The largest absolute Gasteiger partial charge is 0.303 e. The molecule has 0 aromatic carbocycles. The van der Waals surface area contributed by atoms with Crippen LogP contribution in [0.2, 0.25) is 0 Å². The van der Waals surface area contributed by atoms with Gasteiger partial charge in [0.05, 0.1) is 0 Å². The van der Waals surface area contributed by atoms with Gasteiger partial charge in [-0.1, -0.05) is 6.92 Å². The third kappa shape index (κ3) is 4.24. The highest BCUT2D eigenvalue weighted by Crippen LogP contribution is 2.06.